The smallest absolute Gasteiger partial charge is 0.410 e. The second kappa shape index (κ2) is 13.2. The predicted molar refractivity (Wildman–Crippen MR) is 151 cm³/mol. The monoisotopic (exact) mass is 536 g/mol. The molecule has 7 heteroatoms. The average Bonchev–Trinajstić information content (AvgIpc) is 3.75. The third kappa shape index (κ3) is 9.91. The molecule has 4 atom stereocenters. The summed E-state index contributed by atoms with van der Waals surface area (Å²) in [6.45, 7) is 17.5. The van der Waals surface area contributed by atoms with Crippen molar-refractivity contribution < 1.29 is 24.2 Å². The number of nitrogens with zero attached hydrogens (tertiary/aromatic N) is 2. The number of hydrogen-bond acceptors (Lipinski definition) is 5. The number of carbonyl (C=O) groups is 2. The van der Waals surface area contributed by atoms with Crippen LogP contribution in [0.4, 0.5) is 9.59 Å². The quantitative estimate of drug-likeness (QED) is 0.408. The molecule has 0 aromatic heterocycles. The molecule has 0 spiro atoms. The Hall–Kier alpha value is -1.50. The first kappa shape index (κ1) is 31.0. The van der Waals surface area contributed by atoms with E-state index >= 15 is 0 Å². The van der Waals surface area contributed by atoms with Crippen LogP contribution in [0.25, 0.3) is 0 Å². The van der Waals surface area contributed by atoms with Crippen LogP contribution in [0.1, 0.15) is 106 Å². The van der Waals surface area contributed by atoms with Crippen molar-refractivity contribution >= 4 is 12.2 Å². The Labute approximate surface area is 232 Å². The molecule has 7 nitrogen and oxygen atoms in total. The van der Waals surface area contributed by atoms with Crippen LogP contribution < -0.4 is 0 Å². The lowest BCUT2D eigenvalue weighted by atomic mass is 9.90. The van der Waals surface area contributed by atoms with Gasteiger partial charge in [0.2, 0.25) is 0 Å². The zero-order valence-corrected chi connectivity index (χ0v) is 25.3. The lowest BCUT2D eigenvalue weighted by Gasteiger charge is -2.33. The van der Waals surface area contributed by atoms with Gasteiger partial charge in [-0.2, -0.15) is 0 Å². The van der Waals surface area contributed by atoms with Crippen LogP contribution in [0.5, 0.6) is 0 Å². The van der Waals surface area contributed by atoms with Crippen molar-refractivity contribution in [3.8, 4) is 0 Å². The van der Waals surface area contributed by atoms with Gasteiger partial charge in [0.25, 0.3) is 0 Å². The first-order chi connectivity index (χ1) is 17.8. The van der Waals surface area contributed by atoms with Crippen molar-refractivity contribution in [2.24, 2.45) is 35.5 Å². The normalized spacial score (nSPS) is 28.3. The molecule has 4 aliphatic rings. The summed E-state index contributed by atoms with van der Waals surface area (Å²) in [5.41, 5.74) is -0.784. The van der Waals surface area contributed by atoms with Crippen molar-refractivity contribution in [2.45, 2.75) is 117 Å². The van der Waals surface area contributed by atoms with Crippen LogP contribution >= 0.6 is 0 Å². The first-order valence-electron chi connectivity index (χ1n) is 15.4. The van der Waals surface area contributed by atoms with E-state index in [1.165, 1.54) is 38.5 Å². The van der Waals surface area contributed by atoms with Crippen molar-refractivity contribution in [3.63, 3.8) is 0 Å². The van der Waals surface area contributed by atoms with Gasteiger partial charge in [0.15, 0.2) is 0 Å². The molecule has 4 unspecified atom stereocenters. The minimum Gasteiger partial charge on any atom is -0.444 e. The molecule has 2 aliphatic heterocycles. The van der Waals surface area contributed by atoms with Crippen molar-refractivity contribution in [1.29, 1.82) is 0 Å². The second-order valence-corrected chi connectivity index (χ2v) is 14.2. The topological polar surface area (TPSA) is 79.3 Å². The molecule has 220 valence electrons. The summed E-state index contributed by atoms with van der Waals surface area (Å²) in [6.07, 6.45) is 10.6. The van der Waals surface area contributed by atoms with Gasteiger partial charge >= 0.3 is 12.2 Å². The van der Waals surface area contributed by atoms with Gasteiger partial charge in [-0.05, 0) is 122 Å². The number of ether oxygens (including phenoxy) is 2. The van der Waals surface area contributed by atoms with Crippen molar-refractivity contribution in [3.05, 3.63) is 0 Å². The van der Waals surface area contributed by atoms with Crippen molar-refractivity contribution in [2.75, 3.05) is 32.8 Å². The highest BCUT2D eigenvalue weighted by Gasteiger charge is 2.44. The van der Waals surface area contributed by atoms with Crippen LogP contribution in [0.3, 0.4) is 0 Å². The average molecular weight is 537 g/mol. The van der Waals surface area contributed by atoms with Crippen LogP contribution in [-0.4, -0.2) is 71.1 Å². The van der Waals surface area contributed by atoms with E-state index in [1.807, 2.05) is 51.3 Å². The molecular weight excluding hydrogens is 480 g/mol. The van der Waals surface area contributed by atoms with Crippen LogP contribution in [0, 0.1) is 35.5 Å². The number of likely N-dealkylation sites (tertiary alicyclic amines) is 2. The molecule has 2 saturated heterocycles. The fourth-order valence-corrected chi connectivity index (χ4v) is 6.57. The van der Waals surface area contributed by atoms with Crippen LogP contribution in [0.15, 0.2) is 0 Å². The highest BCUT2D eigenvalue weighted by molar-refractivity contribution is 5.68. The van der Waals surface area contributed by atoms with E-state index in [0.29, 0.717) is 6.61 Å². The molecule has 0 aromatic carbocycles. The third-order valence-corrected chi connectivity index (χ3v) is 8.71. The van der Waals surface area contributed by atoms with Crippen LogP contribution in [-0.2, 0) is 9.47 Å². The largest absolute Gasteiger partial charge is 0.444 e. The summed E-state index contributed by atoms with van der Waals surface area (Å²) < 4.78 is 10.8. The van der Waals surface area contributed by atoms with E-state index in [-0.39, 0.29) is 17.8 Å². The predicted octanol–water partition coefficient (Wildman–Crippen LogP) is 6.72. The summed E-state index contributed by atoms with van der Waals surface area (Å²) in [7, 11) is 0. The number of rotatable bonds is 6. The number of carbonyl (C=O) groups excluding carboxylic acids is 2. The Morgan fingerprint density at radius 3 is 1.39 bits per heavy atom. The highest BCUT2D eigenvalue weighted by atomic mass is 16.6. The lowest BCUT2D eigenvalue weighted by molar-refractivity contribution is 0.0163. The van der Waals surface area contributed by atoms with Gasteiger partial charge in [0.05, 0.1) is 0 Å². The Morgan fingerprint density at radius 2 is 1.08 bits per heavy atom. The molecule has 2 heterocycles. The first-order valence-corrected chi connectivity index (χ1v) is 15.4. The molecule has 0 aromatic rings. The van der Waals surface area contributed by atoms with Gasteiger partial charge in [-0.25, -0.2) is 9.59 Å². The Bertz CT molecular complexity index is 693. The number of aliphatic hydroxyl groups excluding tert-OH is 1. The Morgan fingerprint density at radius 1 is 0.711 bits per heavy atom. The summed E-state index contributed by atoms with van der Waals surface area (Å²) in [4.78, 5) is 27.6. The molecule has 0 bridgehead atoms. The lowest BCUT2D eigenvalue weighted by Crippen LogP contribution is -2.42. The molecule has 2 aliphatic carbocycles. The molecule has 2 saturated carbocycles. The van der Waals surface area contributed by atoms with Gasteiger partial charge in [-0.3, -0.25) is 0 Å². The summed E-state index contributed by atoms with van der Waals surface area (Å²) in [5, 5.41) is 8.95. The van der Waals surface area contributed by atoms with Gasteiger partial charge in [-0.15, -0.1) is 0 Å². The maximum absolute atomic E-state index is 12.0. The van der Waals surface area contributed by atoms with Gasteiger partial charge < -0.3 is 24.4 Å². The fraction of sp³-hybridized carbons (Fsp3) is 0.935. The third-order valence-electron chi connectivity index (χ3n) is 8.71. The van der Waals surface area contributed by atoms with Gasteiger partial charge in [-0.1, -0.05) is 19.8 Å². The standard InChI is InChI=1S/C16H29NO2.C15H27NO3/c1-5-6-13-11-14(13)12-7-9-17(10-8-12)15(18)19-16(2,3)4;1-15(2,3)19-14(18)16-7-4-11(5-8-16)13-10-12(13)6-9-17/h12-14H,5-11H2,1-4H3;11-13,17H,4-10H2,1-3H3. The van der Waals surface area contributed by atoms with Gasteiger partial charge in [0.1, 0.15) is 11.2 Å². The zero-order valence-electron chi connectivity index (χ0n) is 25.3. The van der Waals surface area contributed by atoms with Crippen molar-refractivity contribution in [1.82, 2.24) is 9.80 Å². The molecule has 38 heavy (non-hydrogen) atoms. The molecule has 4 rings (SSSR count). The minimum atomic E-state index is -0.406. The molecule has 1 N–H and O–H groups in total. The molecule has 4 fully saturated rings. The maximum atomic E-state index is 12.0. The SMILES string of the molecule is CC(C)(C)OC(=O)N1CCC(C2CC2CCO)CC1.CCCC1CC1C1CCN(C(=O)OC(C)(C)C)CC1. The van der Waals surface area contributed by atoms with E-state index in [2.05, 4.69) is 6.92 Å². The van der Waals surface area contributed by atoms with E-state index in [9.17, 15) is 9.59 Å². The highest BCUT2D eigenvalue weighted by Crippen LogP contribution is 2.50. The molecular formula is C31H56N2O5. The molecule has 0 radical (unpaired) electrons. The van der Waals surface area contributed by atoms with E-state index in [4.69, 9.17) is 14.6 Å². The summed E-state index contributed by atoms with van der Waals surface area (Å²) in [6, 6.07) is 0. The minimum absolute atomic E-state index is 0.133. The van der Waals surface area contributed by atoms with Gasteiger partial charge in [0, 0.05) is 32.8 Å². The number of piperidine rings is 2. The summed E-state index contributed by atoms with van der Waals surface area (Å²) in [5.74, 6) is 5.09. The Balaban J connectivity index is 0.000000211. The van der Waals surface area contributed by atoms with Crippen LogP contribution in [0.2, 0.25) is 0 Å². The number of aliphatic hydroxyl groups is 1. The summed E-state index contributed by atoms with van der Waals surface area (Å²) >= 11 is 0. The number of hydrogen-bond donors (Lipinski definition) is 1. The Kier molecular flexibility index (Phi) is 10.8. The number of amides is 2. The van der Waals surface area contributed by atoms with E-state index in [1.54, 1.807) is 0 Å². The van der Waals surface area contributed by atoms with E-state index in [0.717, 1.165) is 80.9 Å². The zero-order chi connectivity index (χ0) is 28.1. The maximum Gasteiger partial charge on any atom is 0.410 e. The second-order valence-electron chi connectivity index (χ2n) is 14.2. The van der Waals surface area contributed by atoms with E-state index < -0.39 is 5.60 Å². The fourth-order valence-electron chi connectivity index (χ4n) is 6.57. The molecule has 2 amide bonds.